The van der Waals surface area contributed by atoms with Crippen LogP contribution in [0.15, 0.2) is 6.07 Å². The third-order valence-electron chi connectivity index (χ3n) is 1.69. The van der Waals surface area contributed by atoms with E-state index in [4.69, 9.17) is 14.8 Å². The Morgan fingerprint density at radius 2 is 2.06 bits per heavy atom. The standard InChI is InChI=1S/C9H15BN2O4/c1-6-5-7(10(14)15)12(11-6)8(13)16-9(2,3)4/h5,14-15H,1-4H3. The molecule has 0 bridgehead atoms. The van der Waals surface area contributed by atoms with Crippen molar-refractivity contribution in [1.29, 1.82) is 0 Å². The van der Waals surface area contributed by atoms with Crippen LogP contribution < -0.4 is 5.59 Å². The van der Waals surface area contributed by atoms with Gasteiger partial charge in [0, 0.05) is 0 Å². The van der Waals surface area contributed by atoms with Crippen molar-refractivity contribution in [2.75, 3.05) is 0 Å². The predicted molar refractivity (Wildman–Crippen MR) is 58.4 cm³/mol. The van der Waals surface area contributed by atoms with Crippen LogP contribution in [0.2, 0.25) is 0 Å². The van der Waals surface area contributed by atoms with Crippen LogP contribution in [0.4, 0.5) is 4.79 Å². The molecule has 16 heavy (non-hydrogen) atoms. The summed E-state index contributed by atoms with van der Waals surface area (Å²) in [7, 11) is -1.76. The molecule has 6 nitrogen and oxygen atoms in total. The minimum Gasteiger partial charge on any atom is -0.442 e. The molecule has 0 aliphatic heterocycles. The van der Waals surface area contributed by atoms with Crippen LogP contribution in [0.3, 0.4) is 0 Å². The SMILES string of the molecule is Cc1cc(B(O)O)n(C(=O)OC(C)(C)C)n1. The summed E-state index contributed by atoms with van der Waals surface area (Å²) in [4.78, 5) is 11.7. The number of aryl methyl sites for hydroxylation is 1. The van der Waals surface area contributed by atoms with Gasteiger partial charge in [-0.2, -0.15) is 9.78 Å². The van der Waals surface area contributed by atoms with Gasteiger partial charge >= 0.3 is 13.2 Å². The molecule has 0 unspecified atom stereocenters. The van der Waals surface area contributed by atoms with Gasteiger partial charge < -0.3 is 14.8 Å². The monoisotopic (exact) mass is 226 g/mol. The number of carbonyl (C=O) groups is 1. The van der Waals surface area contributed by atoms with E-state index in [0.717, 1.165) is 4.68 Å². The van der Waals surface area contributed by atoms with Crippen LogP contribution in [-0.2, 0) is 4.74 Å². The van der Waals surface area contributed by atoms with Crippen molar-refractivity contribution < 1.29 is 19.6 Å². The van der Waals surface area contributed by atoms with Crippen LogP contribution in [0, 0.1) is 6.92 Å². The van der Waals surface area contributed by atoms with Crippen molar-refractivity contribution in [2.45, 2.75) is 33.3 Å². The molecule has 0 amide bonds. The molecule has 2 N–H and O–H groups in total. The maximum Gasteiger partial charge on any atom is 0.508 e. The number of rotatable bonds is 1. The Morgan fingerprint density at radius 3 is 2.50 bits per heavy atom. The van der Waals surface area contributed by atoms with Crippen molar-refractivity contribution in [3.8, 4) is 0 Å². The number of nitrogens with zero attached hydrogens (tertiary/aromatic N) is 2. The Bertz CT molecular complexity index is 395. The number of hydrogen-bond donors (Lipinski definition) is 2. The molecule has 0 radical (unpaired) electrons. The number of ether oxygens (including phenoxy) is 1. The largest absolute Gasteiger partial charge is 0.508 e. The highest BCUT2D eigenvalue weighted by Crippen LogP contribution is 2.08. The Balaban J connectivity index is 2.99. The Hall–Kier alpha value is -1.34. The lowest BCUT2D eigenvalue weighted by molar-refractivity contribution is 0.0518. The van der Waals surface area contributed by atoms with Crippen LogP contribution in [-0.4, -0.2) is 38.6 Å². The molecule has 1 aromatic rings. The van der Waals surface area contributed by atoms with Crippen molar-refractivity contribution in [3.05, 3.63) is 11.8 Å². The average Bonchev–Trinajstić information content (AvgIpc) is 2.44. The van der Waals surface area contributed by atoms with Crippen LogP contribution >= 0.6 is 0 Å². The zero-order valence-electron chi connectivity index (χ0n) is 9.76. The first-order valence-corrected chi connectivity index (χ1v) is 4.87. The molecular formula is C9H15BN2O4. The highest BCUT2D eigenvalue weighted by atomic mass is 16.6. The molecule has 0 atom stereocenters. The van der Waals surface area contributed by atoms with Gasteiger partial charge in [-0.05, 0) is 33.8 Å². The molecule has 0 saturated heterocycles. The predicted octanol–water partition coefficient (Wildman–Crippen LogP) is -0.345. The quantitative estimate of drug-likeness (QED) is 0.639. The summed E-state index contributed by atoms with van der Waals surface area (Å²) in [6.07, 6.45) is -0.733. The first-order valence-electron chi connectivity index (χ1n) is 4.87. The van der Waals surface area contributed by atoms with E-state index in [1.54, 1.807) is 27.7 Å². The van der Waals surface area contributed by atoms with Crippen molar-refractivity contribution in [3.63, 3.8) is 0 Å². The first-order chi connectivity index (χ1) is 7.20. The van der Waals surface area contributed by atoms with Crippen molar-refractivity contribution >= 4 is 18.8 Å². The van der Waals surface area contributed by atoms with E-state index < -0.39 is 18.8 Å². The average molecular weight is 226 g/mol. The molecule has 0 aliphatic carbocycles. The number of aromatic nitrogens is 2. The summed E-state index contributed by atoms with van der Waals surface area (Å²) in [6.45, 7) is 6.80. The highest BCUT2D eigenvalue weighted by molar-refractivity contribution is 6.58. The lowest BCUT2D eigenvalue weighted by Crippen LogP contribution is -2.41. The van der Waals surface area contributed by atoms with Gasteiger partial charge in [0.2, 0.25) is 0 Å². The molecule has 7 heteroatoms. The minimum absolute atomic E-state index is 0.00764. The van der Waals surface area contributed by atoms with E-state index in [1.165, 1.54) is 6.07 Å². The van der Waals surface area contributed by atoms with Gasteiger partial charge in [-0.15, -0.1) is 0 Å². The molecule has 1 heterocycles. The smallest absolute Gasteiger partial charge is 0.442 e. The molecule has 1 rings (SSSR count). The maximum atomic E-state index is 11.7. The summed E-state index contributed by atoms with van der Waals surface area (Å²) in [5.41, 5.74) is -0.157. The molecular weight excluding hydrogens is 211 g/mol. The van der Waals surface area contributed by atoms with Gasteiger partial charge in [-0.25, -0.2) is 4.79 Å². The highest BCUT2D eigenvalue weighted by Gasteiger charge is 2.26. The van der Waals surface area contributed by atoms with E-state index in [1.807, 2.05) is 0 Å². The minimum atomic E-state index is -1.76. The summed E-state index contributed by atoms with van der Waals surface area (Å²) in [5, 5.41) is 21.9. The topological polar surface area (TPSA) is 84.6 Å². The summed E-state index contributed by atoms with van der Waals surface area (Å²) < 4.78 is 5.92. The van der Waals surface area contributed by atoms with Gasteiger partial charge in [-0.1, -0.05) is 0 Å². The Morgan fingerprint density at radius 1 is 1.50 bits per heavy atom. The zero-order valence-corrected chi connectivity index (χ0v) is 9.76. The third kappa shape index (κ3) is 3.08. The molecule has 0 aromatic carbocycles. The normalized spacial score (nSPS) is 11.4. The summed E-state index contributed by atoms with van der Waals surface area (Å²) >= 11 is 0. The second kappa shape index (κ2) is 4.27. The second-order valence-corrected chi connectivity index (χ2v) is 4.48. The van der Waals surface area contributed by atoms with Crippen molar-refractivity contribution in [1.82, 2.24) is 9.78 Å². The van der Waals surface area contributed by atoms with Gasteiger partial charge in [-0.3, -0.25) is 0 Å². The third-order valence-corrected chi connectivity index (χ3v) is 1.69. The van der Waals surface area contributed by atoms with Gasteiger partial charge in [0.1, 0.15) is 5.60 Å². The molecule has 88 valence electrons. The Kier molecular flexibility index (Phi) is 3.40. The van der Waals surface area contributed by atoms with E-state index in [2.05, 4.69) is 5.10 Å². The van der Waals surface area contributed by atoms with E-state index in [0.29, 0.717) is 5.69 Å². The fraction of sp³-hybridized carbons (Fsp3) is 0.556. The fourth-order valence-electron chi connectivity index (χ4n) is 1.15. The van der Waals surface area contributed by atoms with Crippen LogP contribution in [0.1, 0.15) is 26.5 Å². The van der Waals surface area contributed by atoms with Gasteiger partial charge in [0.15, 0.2) is 0 Å². The number of carbonyl (C=O) groups excluding carboxylic acids is 1. The van der Waals surface area contributed by atoms with E-state index in [9.17, 15) is 4.79 Å². The molecule has 0 spiro atoms. The van der Waals surface area contributed by atoms with Crippen LogP contribution in [0.25, 0.3) is 0 Å². The van der Waals surface area contributed by atoms with Gasteiger partial charge in [0.25, 0.3) is 0 Å². The second-order valence-electron chi connectivity index (χ2n) is 4.48. The first kappa shape index (κ1) is 12.7. The maximum absolute atomic E-state index is 11.7. The number of hydrogen-bond acceptors (Lipinski definition) is 5. The van der Waals surface area contributed by atoms with E-state index >= 15 is 0 Å². The lowest BCUT2D eigenvalue weighted by atomic mass is 9.86. The Labute approximate surface area is 94.0 Å². The molecule has 0 saturated carbocycles. The molecule has 0 fully saturated rings. The fourth-order valence-corrected chi connectivity index (χ4v) is 1.15. The zero-order chi connectivity index (χ0) is 12.5. The van der Waals surface area contributed by atoms with Crippen LogP contribution in [0.5, 0.6) is 0 Å². The van der Waals surface area contributed by atoms with Crippen molar-refractivity contribution in [2.24, 2.45) is 0 Å². The van der Waals surface area contributed by atoms with Gasteiger partial charge in [0.05, 0.1) is 11.3 Å². The lowest BCUT2D eigenvalue weighted by Gasteiger charge is -2.19. The summed E-state index contributed by atoms with van der Waals surface area (Å²) in [6, 6.07) is 1.41. The summed E-state index contributed by atoms with van der Waals surface area (Å²) in [5.74, 6) is 0. The molecule has 1 aromatic heterocycles. The molecule has 0 aliphatic rings. The van der Waals surface area contributed by atoms with E-state index in [-0.39, 0.29) is 5.59 Å².